The van der Waals surface area contributed by atoms with E-state index in [4.69, 9.17) is 0 Å². The van der Waals surface area contributed by atoms with Crippen LogP contribution < -0.4 is 10.6 Å². The highest BCUT2D eigenvalue weighted by atomic mass is 16.3. The van der Waals surface area contributed by atoms with Gasteiger partial charge in [0.25, 0.3) is 0 Å². The average Bonchev–Trinajstić information content (AvgIpc) is 2.70. The number of aryl methyl sites for hydroxylation is 1. The maximum absolute atomic E-state index is 12.0. The van der Waals surface area contributed by atoms with E-state index < -0.39 is 0 Å². The zero-order chi connectivity index (χ0) is 12.4. The largest absolute Gasteiger partial charge is 0.504 e. The topological polar surface area (TPSA) is 74.2 Å². The van der Waals surface area contributed by atoms with Crippen molar-refractivity contribution in [3.05, 3.63) is 17.8 Å². The zero-order valence-corrected chi connectivity index (χ0v) is 10.0. The summed E-state index contributed by atoms with van der Waals surface area (Å²) < 4.78 is 0. The van der Waals surface area contributed by atoms with Gasteiger partial charge in [0, 0.05) is 12.2 Å². The predicted molar refractivity (Wildman–Crippen MR) is 64.8 cm³/mol. The first-order valence-corrected chi connectivity index (χ1v) is 5.76. The molecule has 1 aliphatic heterocycles. The van der Waals surface area contributed by atoms with Crippen LogP contribution in [0.25, 0.3) is 0 Å². The highest BCUT2D eigenvalue weighted by molar-refractivity contribution is 5.93. The normalized spacial score (nSPS) is 23.6. The number of amides is 1. The van der Waals surface area contributed by atoms with E-state index in [9.17, 15) is 9.90 Å². The Bertz CT molecular complexity index is 434. The van der Waals surface area contributed by atoms with Gasteiger partial charge in [0.15, 0.2) is 11.6 Å². The van der Waals surface area contributed by atoms with Gasteiger partial charge in [-0.1, -0.05) is 6.92 Å². The van der Waals surface area contributed by atoms with E-state index in [-0.39, 0.29) is 23.4 Å². The fraction of sp³-hybridized carbons (Fsp3) is 0.500. The summed E-state index contributed by atoms with van der Waals surface area (Å²) in [4.78, 5) is 16.1. The summed E-state index contributed by atoms with van der Waals surface area (Å²) in [5, 5.41) is 15.5. The summed E-state index contributed by atoms with van der Waals surface area (Å²) in [5.74, 6) is 0.409. The van der Waals surface area contributed by atoms with Crippen molar-refractivity contribution >= 4 is 11.7 Å². The molecule has 0 aromatic carbocycles. The molecule has 1 aromatic heterocycles. The van der Waals surface area contributed by atoms with Crippen molar-refractivity contribution in [2.45, 2.75) is 13.8 Å². The lowest BCUT2D eigenvalue weighted by molar-refractivity contribution is -0.120. The molecule has 3 N–H and O–H groups in total. The molecule has 0 saturated carbocycles. The zero-order valence-electron chi connectivity index (χ0n) is 10.0. The van der Waals surface area contributed by atoms with Gasteiger partial charge in [0.05, 0.1) is 5.92 Å². The number of rotatable bonds is 2. The van der Waals surface area contributed by atoms with Crippen LogP contribution in [0, 0.1) is 18.8 Å². The maximum Gasteiger partial charge on any atom is 0.230 e. The third kappa shape index (κ3) is 2.55. The van der Waals surface area contributed by atoms with Crippen molar-refractivity contribution in [3.8, 4) is 5.75 Å². The average molecular weight is 235 g/mol. The number of carbonyl (C=O) groups is 1. The Balaban J connectivity index is 2.10. The lowest BCUT2D eigenvalue weighted by Crippen LogP contribution is -2.28. The van der Waals surface area contributed by atoms with Gasteiger partial charge in [-0.3, -0.25) is 4.79 Å². The van der Waals surface area contributed by atoms with Crippen LogP contribution in [0.3, 0.4) is 0 Å². The Labute approximate surface area is 100 Å². The molecule has 2 heterocycles. The fourth-order valence-electron chi connectivity index (χ4n) is 2.01. The molecular formula is C12H17N3O2. The van der Waals surface area contributed by atoms with Crippen LogP contribution in [0.5, 0.6) is 5.75 Å². The van der Waals surface area contributed by atoms with E-state index in [1.54, 1.807) is 6.07 Å². The first kappa shape index (κ1) is 11.9. The first-order valence-electron chi connectivity index (χ1n) is 5.76. The van der Waals surface area contributed by atoms with E-state index in [2.05, 4.69) is 15.6 Å². The van der Waals surface area contributed by atoms with Gasteiger partial charge in [-0.15, -0.1) is 0 Å². The number of aromatic nitrogens is 1. The molecule has 2 atom stereocenters. The minimum absolute atomic E-state index is 0.00237. The van der Waals surface area contributed by atoms with Crippen molar-refractivity contribution < 1.29 is 9.90 Å². The van der Waals surface area contributed by atoms with Crippen LogP contribution in [0.1, 0.15) is 12.6 Å². The summed E-state index contributed by atoms with van der Waals surface area (Å²) in [5.41, 5.74) is 0.760. The summed E-state index contributed by atoms with van der Waals surface area (Å²) in [7, 11) is 0. The van der Waals surface area contributed by atoms with E-state index >= 15 is 0 Å². The van der Waals surface area contributed by atoms with Gasteiger partial charge >= 0.3 is 0 Å². The second-order valence-corrected chi connectivity index (χ2v) is 4.55. The molecule has 5 nitrogen and oxygen atoms in total. The number of nitrogens with one attached hydrogen (secondary N) is 2. The van der Waals surface area contributed by atoms with Crippen molar-refractivity contribution in [1.82, 2.24) is 10.3 Å². The Morgan fingerprint density at radius 1 is 1.53 bits per heavy atom. The molecule has 1 saturated heterocycles. The van der Waals surface area contributed by atoms with E-state index in [0.29, 0.717) is 12.5 Å². The molecule has 0 aliphatic carbocycles. The van der Waals surface area contributed by atoms with Gasteiger partial charge in [-0.25, -0.2) is 4.98 Å². The monoisotopic (exact) mass is 235 g/mol. The lowest BCUT2D eigenvalue weighted by atomic mass is 9.97. The Morgan fingerprint density at radius 2 is 2.29 bits per heavy atom. The summed E-state index contributed by atoms with van der Waals surface area (Å²) in [6.45, 7) is 5.38. The van der Waals surface area contributed by atoms with Gasteiger partial charge < -0.3 is 15.7 Å². The number of anilines is 1. The predicted octanol–water partition coefficient (Wildman–Crippen LogP) is 0.890. The molecule has 1 aliphatic rings. The van der Waals surface area contributed by atoms with E-state index in [1.165, 1.54) is 6.07 Å². The molecule has 5 heteroatoms. The molecule has 0 radical (unpaired) electrons. The lowest BCUT2D eigenvalue weighted by Gasteiger charge is -2.14. The molecular weight excluding hydrogens is 218 g/mol. The number of pyridine rings is 1. The van der Waals surface area contributed by atoms with Gasteiger partial charge in [-0.2, -0.15) is 0 Å². The minimum Gasteiger partial charge on any atom is -0.504 e. The number of aromatic hydroxyl groups is 1. The van der Waals surface area contributed by atoms with Crippen LogP contribution in [0.2, 0.25) is 0 Å². The van der Waals surface area contributed by atoms with Crippen molar-refractivity contribution in [1.29, 1.82) is 0 Å². The summed E-state index contributed by atoms with van der Waals surface area (Å²) in [6.07, 6.45) is 0. The molecule has 1 fully saturated rings. The van der Waals surface area contributed by atoms with E-state index in [1.807, 2.05) is 13.8 Å². The van der Waals surface area contributed by atoms with Crippen molar-refractivity contribution in [2.75, 3.05) is 18.4 Å². The molecule has 1 aromatic rings. The SMILES string of the molecule is Cc1ccc(O)c(NC(=O)C2CNCC2C)n1. The number of hydrogen-bond donors (Lipinski definition) is 3. The summed E-state index contributed by atoms with van der Waals surface area (Å²) >= 11 is 0. The highest BCUT2D eigenvalue weighted by Gasteiger charge is 2.30. The minimum atomic E-state index is -0.0871. The fourth-order valence-corrected chi connectivity index (χ4v) is 2.01. The van der Waals surface area contributed by atoms with Crippen molar-refractivity contribution in [3.63, 3.8) is 0 Å². The highest BCUT2D eigenvalue weighted by Crippen LogP contribution is 2.23. The van der Waals surface area contributed by atoms with Crippen LogP contribution in [-0.4, -0.2) is 29.1 Å². The standard InChI is InChI=1S/C12H17N3O2/c1-7-5-13-6-9(7)12(17)15-11-10(16)4-3-8(2)14-11/h3-4,7,9,13,16H,5-6H2,1-2H3,(H,14,15,17). The van der Waals surface area contributed by atoms with Crippen molar-refractivity contribution in [2.24, 2.45) is 11.8 Å². The molecule has 17 heavy (non-hydrogen) atoms. The Kier molecular flexibility index (Phi) is 3.28. The molecule has 1 amide bonds. The second-order valence-electron chi connectivity index (χ2n) is 4.55. The van der Waals surface area contributed by atoms with Crippen LogP contribution in [0.15, 0.2) is 12.1 Å². The van der Waals surface area contributed by atoms with E-state index in [0.717, 1.165) is 12.2 Å². The van der Waals surface area contributed by atoms with Gasteiger partial charge in [-0.05, 0) is 31.5 Å². The van der Waals surface area contributed by atoms with Crippen LogP contribution in [0.4, 0.5) is 5.82 Å². The molecule has 0 bridgehead atoms. The second kappa shape index (κ2) is 4.71. The number of nitrogens with zero attached hydrogens (tertiary/aromatic N) is 1. The van der Waals surface area contributed by atoms with Crippen LogP contribution in [-0.2, 0) is 4.79 Å². The first-order chi connectivity index (χ1) is 8.08. The van der Waals surface area contributed by atoms with Gasteiger partial charge in [0.2, 0.25) is 5.91 Å². The quantitative estimate of drug-likeness (QED) is 0.711. The van der Waals surface area contributed by atoms with Gasteiger partial charge in [0.1, 0.15) is 0 Å². The third-order valence-electron chi connectivity index (χ3n) is 3.11. The third-order valence-corrected chi connectivity index (χ3v) is 3.11. The smallest absolute Gasteiger partial charge is 0.230 e. The summed E-state index contributed by atoms with van der Waals surface area (Å²) in [6, 6.07) is 3.24. The molecule has 0 spiro atoms. The number of carbonyl (C=O) groups excluding carboxylic acids is 1. The molecule has 2 unspecified atom stereocenters. The maximum atomic E-state index is 12.0. The molecule has 2 rings (SSSR count). The molecule has 92 valence electrons. The van der Waals surface area contributed by atoms with Crippen LogP contribution >= 0.6 is 0 Å². The Hall–Kier alpha value is -1.62. The number of hydrogen-bond acceptors (Lipinski definition) is 4. The Morgan fingerprint density at radius 3 is 2.94 bits per heavy atom.